The minimum Gasteiger partial charge on any atom is -0.370 e. The normalized spacial score (nSPS) is 12.4. The van der Waals surface area contributed by atoms with Crippen LogP contribution in [0.3, 0.4) is 0 Å². The van der Waals surface area contributed by atoms with Crippen LogP contribution in [0.25, 0.3) is 11.1 Å². The summed E-state index contributed by atoms with van der Waals surface area (Å²) in [7, 11) is 0. The first-order valence-electron chi connectivity index (χ1n) is 8.24. The van der Waals surface area contributed by atoms with Gasteiger partial charge in [0.2, 0.25) is 5.91 Å². The van der Waals surface area contributed by atoms with Gasteiger partial charge in [0.15, 0.2) is 0 Å². The van der Waals surface area contributed by atoms with Gasteiger partial charge in [0.1, 0.15) is 6.04 Å². The van der Waals surface area contributed by atoms with Crippen molar-refractivity contribution in [3.63, 3.8) is 0 Å². The largest absolute Gasteiger partial charge is 0.417 e. The van der Waals surface area contributed by atoms with Crippen LogP contribution in [0.2, 0.25) is 0 Å². The monoisotopic (exact) mass is 370 g/mol. The van der Waals surface area contributed by atoms with Crippen molar-refractivity contribution in [2.45, 2.75) is 12.2 Å². The van der Waals surface area contributed by atoms with Gasteiger partial charge in [0, 0.05) is 5.69 Å². The molecule has 0 spiro atoms. The highest BCUT2D eigenvalue weighted by molar-refractivity contribution is 5.85. The fourth-order valence-corrected chi connectivity index (χ4v) is 2.87. The van der Waals surface area contributed by atoms with Gasteiger partial charge in [0.25, 0.3) is 0 Å². The number of alkyl halides is 3. The van der Waals surface area contributed by atoms with Crippen LogP contribution < -0.4 is 11.1 Å². The molecule has 1 atom stereocenters. The SMILES string of the molecule is NC(=O)[C@H](Nc1ccc(-c2ccccc2)c(C(F)(F)F)c1)c1ccccc1. The summed E-state index contributed by atoms with van der Waals surface area (Å²) < 4.78 is 40.8. The van der Waals surface area contributed by atoms with E-state index in [4.69, 9.17) is 5.73 Å². The number of anilines is 1. The molecule has 0 radical (unpaired) electrons. The van der Waals surface area contributed by atoms with Crippen LogP contribution in [0.4, 0.5) is 18.9 Å². The smallest absolute Gasteiger partial charge is 0.370 e. The third kappa shape index (κ3) is 4.28. The molecule has 3 aromatic rings. The molecule has 3 N–H and O–H groups in total. The van der Waals surface area contributed by atoms with E-state index in [-0.39, 0.29) is 11.3 Å². The summed E-state index contributed by atoms with van der Waals surface area (Å²) >= 11 is 0. The van der Waals surface area contributed by atoms with Gasteiger partial charge >= 0.3 is 6.18 Å². The predicted molar refractivity (Wildman–Crippen MR) is 98.9 cm³/mol. The quantitative estimate of drug-likeness (QED) is 0.663. The zero-order valence-electron chi connectivity index (χ0n) is 14.2. The Kier molecular flexibility index (Phi) is 5.16. The molecule has 0 saturated heterocycles. The van der Waals surface area contributed by atoms with Crippen LogP contribution in [0, 0.1) is 0 Å². The molecule has 0 unspecified atom stereocenters. The molecule has 0 heterocycles. The van der Waals surface area contributed by atoms with E-state index in [2.05, 4.69) is 5.32 Å². The molecule has 0 aromatic heterocycles. The Bertz CT molecular complexity index is 925. The molecule has 3 rings (SSSR count). The maximum absolute atomic E-state index is 13.6. The molecule has 6 heteroatoms. The second-order valence-corrected chi connectivity index (χ2v) is 6.01. The predicted octanol–water partition coefficient (Wildman–Crippen LogP) is 5.01. The van der Waals surface area contributed by atoms with E-state index in [0.29, 0.717) is 11.1 Å². The maximum Gasteiger partial charge on any atom is 0.417 e. The van der Waals surface area contributed by atoms with Crippen molar-refractivity contribution >= 4 is 11.6 Å². The summed E-state index contributed by atoms with van der Waals surface area (Å²) in [6.45, 7) is 0. The molecule has 0 bridgehead atoms. The number of rotatable bonds is 5. The number of benzene rings is 3. The van der Waals surface area contributed by atoms with Gasteiger partial charge in [-0.25, -0.2) is 0 Å². The highest BCUT2D eigenvalue weighted by Gasteiger charge is 2.34. The highest BCUT2D eigenvalue weighted by Crippen LogP contribution is 2.39. The first-order valence-corrected chi connectivity index (χ1v) is 8.24. The van der Waals surface area contributed by atoms with Crippen molar-refractivity contribution in [3.8, 4) is 11.1 Å². The van der Waals surface area contributed by atoms with Gasteiger partial charge in [-0.05, 0) is 28.8 Å². The minimum atomic E-state index is -4.54. The Balaban J connectivity index is 2.01. The summed E-state index contributed by atoms with van der Waals surface area (Å²) in [5.74, 6) is -0.679. The Morgan fingerprint density at radius 2 is 1.48 bits per heavy atom. The Morgan fingerprint density at radius 1 is 0.889 bits per heavy atom. The van der Waals surface area contributed by atoms with Gasteiger partial charge in [0.05, 0.1) is 5.56 Å². The number of nitrogens with one attached hydrogen (secondary N) is 1. The lowest BCUT2D eigenvalue weighted by Crippen LogP contribution is -2.27. The molecule has 0 aliphatic heterocycles. The number of nitrogens with two attached hydrogens (primary N) is 1. The third-order valence-electron chi connectivity index (χ3n) is 4.14. The van der Waals surface area contributed by atoms with Gasteiger partial charge < -0.3 is 11.1 Å². The fourth-order valence-electron chi connectivity index (χ4n) is 2.87. The molecule has 0 aliphatic carbocycles. The topological polar surface area (TPSA) is 55.1 Å². The number of amides is 1. The van der Waals surface area contributed by atoms with E-state index in [0.717, 1.165) is 6.07 Å². The average Bonchev–Trinajstić information content (AvgIpc) is 2.66. The van der Waals surface area contributed by atoms with Crippen LogP contribution >= 0.6 is 0 Å². The highest BCUT2D eigenvalue weighted by atomic mass is 19.4. The van der Waals surface area contributed by atoms with E-state index in [1.807, 2.05) is 0 Å². The minimum absolute atomic E-state index is 0.0731. The second kappa shape index (κ2) is 7.53. The van der Waals surface area contributed by atoms with Crippen molar-refractivity contribution < 1.29 is 18.0 Å². The Hall–Kier alpha value is -3.28. The average molecular weight is 370 g/mol. The number of hydrogen-bond acceptors (Lipinski definition) is 2. The van der Waals surface area contributed by atoms with Crippen LogP contribution in [-0.4, -0.2) is 5.91 Å². The van der Waals surface area contributed by atoms with Crippen LogP contribution in [-0.2, 0) is 11.0 Å². The standard InChI is InChI=1S/C21H17F3N2O/c22-21(23,24)18-13-16(11-12-17(18)14-7-3-1-4-8-14)26-19(20(25)27)15-9-5-2-6-10-15/h1-13,19,26H,(H2,25,27)/t19-/m1/s1. The van der Waals surface area contributed by atoms with E-state index >= 15 is 0 Å². The summed E-state index contributed by atoms with van der Waals surface area (Å²) in [6, 6.07) is 19.9. The molecule has 0 fully saturated rings. The van der Waals surface area contributed by atoms with E-state index in [1.54, 1.807) is 60.7 Å². The molecular weight excluding hydrogens is 353 g/mol. The van der Waals surface area contributed by atoms with E-state index in [1.165, 1.54) is 12.1 Å². The first kappa shape index (κ1) is 18.5. The second-order valence-electron chi connectivity index (χ2n) is 6.01. The Labute approximate surface area is 154 Å². The lowest BCUT2D eigenvalue weighted by molar-refractivity contribution is -0.137. The van der Waals surface area contributed by atoms with E-state index < -0.39 is 23.7 Å². The molecule has 27 heavy (non-hydrogen) atoms. The molecule has 138 valence electrons. The van der Waals surface area contributed by atoms with Gasteiger partial charge in [-0.1, -0.05) is 66.7 Å². The maximum atomic E-state index is 13.6. The summed E-state index contributed by atoms with van der Waals surface area (Å²) in [5, 5.41) is 2.81. The molecule has 0 saturated carbocycles. The van der Waals surface area contributed by atoms with Crippen molar-refractivity contribution in [1.29, 1.82) is 0 Å². The number of primary amides is 1. The summed E-state index contributed by atoms with van der Waals surface area (Å²) in [4.78, 5) is 11.8. The van der Waals surface area contributed by atoms with Crippen LogP contribution in [0.5, 0.6) is 0 Å². The van der Waals surface area contributed by atoms with Crippen molar-refractivity contribution in [3.05, 3.63) is 90.0 Å². The summed E-state index contributed by atoms with van der Waals surface area (Å²) in [5.41, 5.74) is 5.93. The lowest BCUT2D eigenvalue weighted by atomic mass is 9.98. The fraction of sp³-hybridized carbons (Fsp3) is 0.0952. The number of carbonyl (C=O) groups excluding carboxylic acids is 1. The number of halogens is 3. The molecule has 3 nitrogen and oxygen atoms in total. The van der Waals surface area contributed by atoms with Gasteiger partial charge in [-0.2, -0.15) is 13.2 Å². The zero-order chi connectivity index (χ0) is 19.4. The lowest BCUT2D eigenvalue weighted by Gasteiger charge is -2.20. The molecular formula is C21H17F3N2O. The Morgan fingerprint density at radius 3 is 2.04 bits per heavy atom. The molecule has 3 aromatic carbocycles. The summed E-state index contributed by atoms with van der Waals surface area (Å²) in [6.07, 6.45) is -4.54. The van der Waals surface area contributed by atoms with Crippen molar-refractivity contribution in [2.24, 2.45) is 5.73 Å². The van der Waals surface area contributed by atoms with Crippen molar-refractivity contribution in [2.75, 3.05) is 5.32 Å². The third-order valence-corrected chi connectivity index (χ3v) is 4.14. The van der Waals surface area contributed by atoms with Crippen LogP contribution in [0.1, 0.15) is 17.2 Å². The number of carbonyl (C=O) groups is 1. The van der Waals surface area contributed by atoms with Gasteiger partial charge in [-0.15, -0.1) is 0 Å². The zero-order valence-corrected chi connectivity index (χ0v) is 14.2. The van der Waals surface area contributed by atoms with Crippen molar-refractivity contribution in [1.82, 2.24) is 0 Å². The molecule has 1 amide bonds. The van der Waals surface area contributed by atoms with Crippen LogP contribution in [0.15, 0.2) is 78.9 Å². The number of hydrogen-bond donors (Lipinski definition) is 2. The molecule has 0 aliphatic rings. The first-order chi connectivity index (χ1) is 12.9. The van der Waals surface area contributed by atoms with Gasteiger partial charge in [-0.3, -0.25) is 4.79 Å². The van der Waals surface area contributed by atoms with E-state index in [9.17, 15) is 18.0 Å².